The highest BCUT2D eigenvalue weighted by atomic mass is 32.3. The van der Waals surface area contributed by atoms with E-state index in [4.69, 9.17) is 9.47 Å². The largest absolute Gasteiger partial charge is 0.726 e. The van der Waals surface area contributed by atoms with Gasteiger partial charge in [0.25, 0.3) is 0 Å². The van der Waals surface area contributed by atoms with Gasteiger partial charge in [0.15, 0.2) is 12.4 Å². The summed E-state index contributed by atoms with van der Waals surface area (Å²) in [7, 11) is -50.8. The van der Waals surface area contributed by atoms with Crippen molar-refractivity contribution >= 4 is 83.2 Å². The summed E-state index contributed by atoms with van der Waals surface area (Å²) in [6.45, 7) is -4.14. The Labute approximate surface area is 308 Å². The van der Waals surface area contributed by atoms with Crippen molar-refractivity contribution in [3.05, 3.63) is 0 Å². The Morgan fingerprint density at radius 1 is 0.327 bits per heavy atom. The SMILES string of the molecule is O=S(=O)([O-])OC[C@H]1O[C@H](O[C@@H]2C(OS(=O)(=O)[O-])O[C@H](COS(=O)(=O)[O-])[C@@H](OS(=O)(=O)[O-])[C@@H]2OS(=O)(=O)[O-])[C@@H](OS(=O)(=O)[O-])[C@@H](OS(=O)(=O)[O-])[C@@H]1OS(=O)(=O)[O-]. The van der Waals surface area contributed by atoms with Gasteiger partial charge < -0.3 is 50.6 Å². The second-order valence-electron chi connectivity index (χ2n) is 9.42. The molecule has 0 spiro atoms. The fourth-order valence-corrected chi connectivity index (χ4v) is 7.62. The first kappa shape index (κ1) is 50.0. The molecule has 55 heavy (non-hydrogen) atoms. The molecule has 2 fully saturated rings. The molecule has 43 heteroatoms. The van der Waals surface area contributed by atoms with E-state index in [1.54, 1.807) is 0 Å². The lowest BCUT2D eigenvalue weighted by Crippen LogP contribution is -2.67. The average Bonchev–Trinajstić information content (AvgIpc) is 2.87. The first-order valence-corrected chi connectivity index (χ1v) is 22.9. The molecule has 2 rings (SSSR count). The van der Waals surface area contributed by atoms with Crippen LogP contribution in [0.3, 0.4) is 0 Å². The molecule has 0 aliphatic carbocycles. The minimum Gasteiger partial charge on any atom is -0.726 e. The lowest BCUT2D eigenvalue weighted by atomic mass is 9.97. The fraction of sp³-hybridized carbons (Fsp3) is 1.00. The summed E-state index contributed by atoms with van der Waals surface area (Å²) in [4.78, 5) is 0. The topological polar surface area (TPSA) is 559 Å². The maximum Gasteiger partial charge on any atom is 0.220 e. The van der Waals surface area contributed by atoms with E-state index in [-0.39, 0.29) is 0 Å². The van der Waals surface area contributed by atoms with E-state index in [9.17, 15) is 104 Å². The average molecular weight is 975 g/mol. The van der Waals surface area contributed by atoms with Crippen molar-refractivity contribution in [1.82, 2.24) is 0 Å². The molecule has 0 N–H and O–H groups in total. The van der Waals surface area contributed by atoms with Crippen LogP contribution in [0.5, 0.6) is 0 Å². The zero-order chi connectivity index (χ0) is 43.0. The highest BCUT2D eigenvalue weighted by molar-refractivity contribution is 7.82. The number of hydrogen-bond donors (Lipinski definition) is 0. The van der Waals surface area contributed by atoms with Crippen LogP contribution in [-0.2, 0) is 131 Å². The zero-order valence-electron chi connectivity index (χ0n) is 24.7. The summed E-state index contributed by atoms with van der Waals surface area (Å²) in [5.41, 5.74) is 0. The molecular formula is C12H14O35S8-8. The smallest absolute Gasteiger partial charge is 0.220 e. The van der Waals surface area contributed by atoms with E-state index in [0.717, 1.165) is 0 Å². The van der Waals surface area contributed by atoms with Gasteiger partial charge in [-0.1, -0.05) is 0 Å². The van der Waals surface area contributed by atoms with Crippen LogP contribution in [0.4, 0.5) is 0 Å². The van der Waals surface area contributed by atoms with Crippen molar-refractivity contribution in [3.8, 4) is 0 Å². The van der Waals surface area contributed by atoms with E-state index in [1.165, 1.54) is 0 Å². The molecule has 1 unspecified atom stereocenters. The van der Waals surface area contributed by atoms with E-state index in [0.29, 0.717) is 0 Å². The Morgan fingerprint density at radius 3 is 0.909 bits per heavy atom. The second-order valence-corrected chi connectivity index (χ2v) is 17.6. The van der Waals surface area contributed by atoms with Gasteiger partial charge in [0, 0.05) is 0 Å². The van der Waals surface area contributed by atoms with Gasteiger partial charge in [-0.2, -0.15) is 0 Å². The summed E-state index contributed by atoms with van der Waals surface area (Å²) < 4.78 is 319. The van der Waals surface area contributed by atoms with Gasteiger partial charge >= 0.3 is 0 Å². The highest BCUT2D eigenvalue weighted by Gasteiger charge is 2.57. The summed E-state index contributed by atoms with van der Waals surface area (Å²) in [5.74, 6) is 0. The van der Waals surface area contributed by atoms with Crippen LogP contribution in [0.25, 0.3) is 0 Å². The van der Waals surface area contributed by atoms with E-state index < -0.39 is 158 Å². The summed E-state index contributed by atoms with van der Waals surface area (Å²) in [5, 5.41) is 0. The molecule has 0 radical (unpaired) electrons. The van der Waals surface area contributed by atoms with Crippen LogP contribution in [-0.4, -0.2) is 178 Å². The number of rotatable bonds is 20. The van der Waals surface area contributed by atoms with Crippen molar-refractivity contribution < 1.29 is 151 Å². The van der Waals surface area contributed by atoms with Gasteiger partial charge in [0.05, 0.1) is 13.2 Å². The van der Waals surface area contributed by atoms with Crippen molar-refractivity contribution in [2.45, 2.75) is 61.4 Å². The van der Waals surface area contributed by atoms with E-state index in [2.05, 4.69) is 38.2 Å². The molecule has 2 heterocycles. The Kier molecular flexibility index (Phi) is 16.0. The van der Waals surface area contributed by atoms with E-state index >= 15 is 0 Å². The Morgan fingerprint density at radius 2 is 0.600 bits per heavy atom. The van der Waals surface area contributed by atoms with Crippen LogP contribution in [0, 0.1) is 0 Å². The second kappa shape index (κ2) is 17.6. The minimum atomic E-state index is -6.54. The quantitative estimate of drug-likeness (QED) is 0.0807. The van der Waals surface area contributed by atoms with Crippen molar-refractivity contribution in [2.75, 3.05) is 13.2 Å². The Bertz CT molecular complexity index is 2260. The summed E-state index contributed by atoms with van der Waals surface area (Å²) in [6, 6.07) is 0. The molecule has 0 aromatic heterocycles. The maximum absolute atomic E-state index is 11.7. The lowest BCUT2D eigenvalue weighted by Gasteiger charge is -2.49. The molecule has 35 nitrogen and oxygen atoms in total. The van der Waals surface area contributed by atoms with Crippen LogP contribution in [0.2, 0.25) is 0 Å². The van der Waals surface area contributed by atoms with Crippen LogP contribution in [0.15, 0.2) is 0 Å². The Balaban J connectivity index is 3.01. The minimum absolute atomic E-state index is 2.04. The molecule has 10 atom stereocenters. The number of hydrogen-bond acceptors (Lipinski definition) is 35. The van der Waals surface area contributed by atoms with Gasteiger partial charge in [0.1, 0.15) is 42.7 Å². The van der Waals surface area contributed by atoms with Crippen molar-refractivity contribution in [2.24, 2.45) is 0 Å². The van der Waals surface area contributed by atoms with Gasteiger partial charge in [0.2, 0.25) is 89.5 Å². The zero-order valence-corrected chi connectivity index (χ0v) is 31.3. The van der Waals surface area contributed by atoms with Crippen molar-refractivity contribution in [3.63, 3.8) is 0 Å². The van der Waals surface area contributed by atoms with Gasteiger partial charge in [-0.25, -0.2) is 71.5 Å². The molecule has 328 valence electrons. The third kappa shape index (κ3) is 19.0. The Hall–Kier alpha value is -1.16. The predicted molar refractivity (Wildman–Crippen MR) is 137 cm³/mol. The summed E-state index contributed by atoms with van der Waals surface area (Å²) >= 11 is 0. The highest BCUT2D eigenvalue weighted by Crippen LogP contribution is 2.37. The molecule has 0 amide bonds. The maximum atomic E-state index is 11.7. The van der Waals surface area contributed by atoms with E-state index in [1.807, 2.05) is 0 Å². The van der Waals surface area contributed by atoms with Crippen LogP contribution >= 0.6 is 0 Å². The van der Waals surface area contributed by atoms with Gasteiger partial charge in [-0.15, -0.1) is 0 Å². The normalized spacial score (nSPS) is 30.9. The molecule has 0 aromatic rings. The van der Waals surface area contributed by atoms with Gasteiger partial charge in [-0.3, -0.25) is 29.3 Å². The fourth-order valence-electron chi connectivity index (χ4n) is 4.16. The third-order valence-corrected chi connectivity index (χ3v) is 9.15. The molecular weight excluding hydrogens is 961 g/mol. The molecule has 0 saturated carbocycles. The van der Waals surface area contributed by atoms with Gasteiger partial charge in [-0.05, 0) is 0 Å². The molecule has 0 bridgehead atoms. The monoisotopic (exact) mass is 974 g/mol. The number of ether oxygens (including phenoxy) is 3. The molecule has 2 saturated heterocycles. The van der Waals surface area contributed by atoms with Crippen molar-refractivity contribution in [1.29, 1.82) is 0 Å². The molecule has 2 aliphatic heterocycles. The van der Waals surface area contributed by atoms with Crippen LogP contribution < -0.4 is 0 Å². The first-order valence-electron chi connectivity index (χ1n) is 12.2. The standard InChI is InChI=1S/C12H22O35S8/c13-48(14,15)37-1-3-6(43-51(22,23)24)8(45-53(28,29)30)10(46-54(31,32)33)11(39-3)41-9-7(44-52(25,26)27)5(42-50(19,20)21)4(2-38-49(16,17)18)40-12(9)47-55(34,35)36/h3-12H,1-2H2,(H,13,14,15)(H,16,17,18)(H,19,20,21)(H,22,23,24)(H,25,26,27)(H,28,29,30)(H,31,32,33)(H,34,35,36)/p-8/t3-,4-,5-,6-,7+,8+,9+,10+,11-,12?/m1/s1. The third-order valence-electron chi connectivity index (χ3n) is 5.58. The molecule has 0 aromatic carbocycles. The lowest BCUT2D eigenvalue weighted by molar-refractivity contribution is -0.347. The summed E-state index contributed by atoms with van der Waals surface area (Å²) in [6.07, 6.45) is -34.1. The first-order chi connectivity index (χ1) is 24.2. The predicted octanol–water partition coefficient (Wildman–Crippen LogP) is -9.52. The van der Waals surface area contributed by atoms with Crippen LogP contribution in [0.1, 0.15) is 0 Å². The molecule has 2 aliphatic rings.